The summed E-state index contributed by atoms with van der Waals surface area (Å²) in [5.74, 6) is -1.40. The maximum Gasteiger partial charge on any atom is 0.417 e. The van der Waals surface area contributed by atoms with Crippen molar-refractivity contribution in [3.63, 3.8) is 0 Å². The number of nitrogens with zero attached hydrogens (tertiary/aromatic N) is 3. The van der Waals surface area contributed by atoms with Crippen LogP contribution in [0.5, 0.6) is 0 Å². The van der Waals surface area contributed by atoms with E-state index in [0.717, 1.165) is 0 Å². The molecule has 0 aliphatic carbocycles. The van der Waals surface area contributed by atoms with Crippen LogP contribution in [0.2, 0.25) is 0 Å². The second kappa shape index (κ2) is 9.47. The molecule has 0 amide bonds. The Labute approximate surface area is 203 Å². The van der Waals surface area contributed by atoms with Crippen molar-refractivity contribution in [3.8, 4) is 0 Å². The highest BCUT2D eigenvalue weighted by molar-refractivity contribution is 5.78. The minimum absolute atomic E-state index is 0.0543. The fraction of sp³-hybridized carbons (Fsp3) is 0.500. The van der Waals surface area contributed by atoms with E-state index in [1.807, 2.05) is 0 Å². The van der Waals surface area contributed by atoms with Crippen LogP contribution in [0.1, 0.15) is 36.2 Å². The van der Waals surface area contributed by atoms with Gasteiger partial charge in [-0.1, -0.05) is 6.07 Å². The molecule has 36 heavy (non-hydrogen) atoms. The van der Waals surface area contributed by atoms with Gasteiger partial charge in [0.05, 0.1) is 48.4 Å². The molecule has 4 heterocycles. The largest absolute Gasteiger partial charge is 0.417 e. The van der Waals surface area contributed by atoms with Gasteiger partial charge in [0.2, 0.25) is 0 Å². The number of rotatable bonds is 7. The Bertz CT molecular complexity index is 1300. The van der Waals surface area contributed by atoms with Gasteiger partial charge in [-0.15, -0.1) is 0 Å². The first-order chi connectivity index (χ1) is 17.1. The number of aromatic amines is 1. The van der Waals surface area contributed by atoms with Gasteiger partial charge in [-0.2, -0.15) is 13.2 Å². The fourth-order valence-electron chi connectivity index (χ4n) is 5.25. The third-order valence-corrected chi connectivity index (χ3v) is 6.85. The van der Waals surface area contributed by atoms with Crippen LogP contribution >= 0.6 is 0 Å². The molecule has 1 aromatic carbocycles. The molecule has 1 saturated heterocycles. The molecule has 0 saturated carbocycles. The molecule has 0 radical (unpaired) electrons. The molecule has 3 aromatic rings. The van der Waals surface area contributed by atoms with E-state index in [-0.39, 0.29) is 30.4 Å². The van der Waals surface area contributed by atoms with E-state index in [1.54, 1.807) is 19.1 Å². The molecule has 12 heteroatoms. The molecule has 7 nitrogen and oxygen atoms in total. The minimum Gasteiger partial charge on any atom is -0.408 e. The lowest BCUT2D eigenvalue weighted by atomic mass is 9.86. The molecule has 2 atom stereocenters. The van der Waals surface area contributed by atoms with Gasteiger partial charge < -0.3 is 9.73 Å². The summed E-state index contributed by atoms with van der Waals surface area (Å²) in [7, 11) is 0. The first-order valence-corrected chi connectivity index (χ1v) is 11.8. The highest BCUT2D eigenvalue weighted by Crippen LogP contribution is 2.42. The number of halogens is 5. The Morgan fingerprint density at radius 2 is 2.06 bits per heavy atom. The van der Waals surface area contributed by atoms with E-state index >= 15 is 4.39 Å². The zero-order valence-electron chi connectivity index (χ0n) is 19.5. The van der Waals surface area contributed by atoms with Crippen molar-refractivity contribution in [3.05, 3.63) is 57.6 Å². The lowest BCUT2D eigenvalue weighted by Gasteiger charge is -2.42. The Hall–Kier alpha value is -2.99. The number of hydrogen-bond donors (Lipinski definition) is 2. The van der Waals surface area contributed by atoms with E-state index in [4.69, 9.17) is 4.42 Å². The smallest absolute Gasteiger partial charge is 0.408 e. The number of alkyl halides is 4. The molecule has 1 fully saturated rings. The van der Waals surface area contributed by atoms with E-state index < -0.39 is 36.4 Å². The average molecular weight is 511 g/mol. The van der Waals surface area contributed by atoms with Crippen molar-refractivity contribution in [1.29, 1.82) is 0 Å². The van der Waals surface area contributed by atoms with E-state index in [1.165, 1.54) is 17.2 Å². The first kappa shape index (κ1) is 24.7. The number of fused-ring (bicyclic) bond motifs is 3. The molecule has 2 aliphatic heterocycles. The molecule has 2 aromatic heterocycles. The summed E-state index contributed by atoms with van der Waals surface area (Å²) < 4.78 is 73.7. The van der Waals surface area contributed by atoms with Gasteiger partial charge in [0.1, 0.15) is 5.82 Å². The van der Waals surface area contributed by atoms with E-state index in [9.17, 15) is 22.4 Å². The Balaban J connectivity index is 1.47. The zero-order valence-corrected chi connectivity index (χ0v) is 19.5. The topological polar surface area (TPSA) is 77.4 Å². The number of benzene rings is 1. The second-order valence-electron chi connectivity index (χ2n) is 9.50. The Morgan fingerprint density at radius 1 is 1.28 bits per heavy atom. The summed E-state index contributed by atoms with van der Waals surface area (Å²) in [5, 5.41) is 3.17. The summed E-state index contributed by atoms with van der Waals surface area (Å²) in [5.41, 5.74) is 1.97. The van der Waals surface area contributed by atoms with Gasteiger partial charge in [0, 0.05) is 37.3 Å². The molecule has 2 N–H and O–H groups in total. The zero-order chi connectivity index (χ0) is 25.6. The van der Waals surface area contributed by atoms with Crippen molar-refractivity contribution >= 4 is 16.8 Å². The molecule has 194 valence electrons. The quantitative estimate of drug-likeness (QED) is 0.467. The van der Waals surface area contributed by atoms with Crippen LogP contribution in [0.3, 0.4) is 0 Å². The lowest BCUT2D eigenvalue weighted by Crippen LogP contribution is -2.54. The van der Waals surface area contributed by atoms with E-state index in [0.29, 0.717) is 48.4 Å². The molecular weight excluding hydrogens is 485 g/mol. The van der Waals surface area contributed by atoms with Crippen LogP contribution < -0.4 is 11.1 Å². The van der Waals surface area contributed by atoms with Crippen LogP contribution in [-0.4, -0.2) is 70.9 Å². The van der Waals surface area contributed by atoms with Gasteiger partial charge in [0.25, 0.3) is 0 Å². The number of nitrogens with one attached hydrogen (secondary N) is 2. The van der Waals surface area contributed by atoms with Gasteiger partial charge in [-0.05, 0) is 31.4 Å². The third kappa shape index (κ3) is 4.83. The van der Waals surface area contributed by atoms with Crippen molar-refractivity contribution in [1.82, 2.24) is 19.8 Å². The molecule has 5 rings (SSSR count). The molecule has 2 aliphatic rings. The summed E-state index contributed by atoms with van der Waals surface area (Å²) in [6.07, 6.45) is -2.43. The van der Waals surface area contributed by atoms with Crippen molar-refractivity contribution in [2.45, 2.75) is 44.1 Å². The number of aromatic nitrogens is 2. The maximum atomic E-state index is 15.5. The van der Waals surface area contributed by atoms with Crippen LogP contribution in [0.25, 0.3) is 11.1 Å². The number of pyridine rings is 1. The standard InChI is InChI=1S/C24H26F5N5O2/c1-13-7-17-16(3-4-19-22(17)36-23(35)32-19)21(34(13)12-24(27,28)29)20-18(26)8-14(9-30-20)31-15-10-33(11-15)6-2-5-25/h3-4,8-9,13,15,21,31H,2,5-7,10-12H2,1H3,(H,32,35)/t13-,21+/m1/s1. The normalized spacial score (nSPS) is 21.5. The average Bonchev–Trinajstić information content (AvgIpc) is 3.16. The maximum absolute atomic E-state index is 15.5. The number of hydrogen-bond acceptors (Lipinski definition) is 6. The summed E-state index contributed by atoms with van der Waals surface area (Å²) in [4.78, 5) is 21.8. The third-order valence-electron chi connectivity index (χ3n) is 6.85. The van der Waals surface area contributed by atoms with Gasteiger partial charge >= 0.3 is 11.9 Å². The number of oxazole rings is 1. The van der Waals surface area contributed by atoms with Gasteiger partial charge in [-0.3, -0.25) is 24.2 Å². The molecule has 0 unspecified atom stereocenters. The Morgan fingerprint density at radius 3 is 2.75 bits per heavy atom. The Kier molecular flexibility index (Phi) is 6.50. The number of H-pyrrole nitrogens is 1. The van der Waals surface area contributed by atoms with Gasteiger partial charge in [0.15, 0.2) is 5.58 Å². The van der Waals surface area contributed by atoms with Crippen LogP contribution in [0.15, 0.2) is 33.6 Å². The highest BCUT2D eigenvalue weighted by atomic mass is 19.4. The highest BCUT2D eigenvalue weighted by Gasteiger charge is 2.43. The fourth-order valence-corrected chi connectivity index (χ4v) is 5.25. The lowest BCUT2D eigenvalue weighted by molar-refractivity contribution is -0.155. The predicted molar refractivity (Wildman–Crippen MR) is 123 cm³/mol. The molecule has 0 spiro atoms. The summed E-state index contributed by atoms with van der Waals surface area (Å²) in [6, 6.07) is 2.69. The predicted octanol–water partition coefficient (Wildman–Crippen LogP) is 4.01. The van der Waals surface area contributed by atoms with Crippen LogP contribution in [0, 0.1) is 5.82 Å². The number of likely N-dealkylation sites (tertiary alicyclic amines) is 1. The van der Waals surface area contributed by atoms with Crippen molar-refractivity contribution in [2.24, 2.45) is 0 Å². The SMILES string of the molecule is C[C@@H]1Cc2c(ccc3[nH]c(=O)oc23)[C@@H](c2ncc(NC3CN(CCCF)C3)cc2F)N1CC(F)(F)F. The molecular formula is C24H26F5N5O2. The van der Waals surface area contributed by atoms with Crippen molar-refractivity contribution in [2.75, 3.05) is 38.2 Å². The van der Waals surface area contributed by atoms with Crippen LogP contribution in [0.4, 0.5) is 27.6 Å². The first-order valence-electron chi connectivity index (χ1n) is 11.8. The van der Waals surface area contributed by atoms with E-state index in [2.05, 4.69) is 20.2 Å². The van der Waals surface area contributed by atoms with Gasteiger partial charge in [-0.25, -0.2) is 9.18 Å². The minimum atomic E-state index is -4.51. The monoisotopic (exact) mass is 511 g/mol. The van der Waals surface area contributed by atoms with Crippen LogP contribution in [-0.2, 0) is 6.42 Å². The number of anilines is 1. The van der Waals surface area contributed by atoms with Crippen molar-refractivity contribution < 1.29 is 26.4 Å². The molecule has 0 bridgehead atoms. The second-order valence-corrected chi connectivity index (χ2v) is 9.50. The summed E-state index contributed by atoms with van der Waals surface area (Å²) >= 11 is 0. The summed E-state index contributed by atoms with van der Waals surface area (Å²) in [6.45, 7) is 2.04.